The molecule has 0 aliphatic rings. The average Bonchev–Trinajstić information content (AvgIpc) is 3.06. The van der Waals surface area contributed by atoms with Gasteiger partial charge >= 0.3 is 0 Å². The van der Waals surface area contributed by atoms with Gasteiger partial charge in [0.2, 0.25) is 0 Å². The first-order valence-electron chi connectivity index (χ1n) is 7.90. The molecular formula is C21H15N3O. The lowest BCUT2D eigenvalue weighted by Gasteiger charge is -2.02. The fourth-order valence-electron chi connectivity index (χ4n) is 2.63. The van der Waals surface area contributed by atoms with E-state index in [1.54, 1.807) is 13.3 Å². The molecule has 0 aliphatic heterocycles. The van der Waals surface area contributed by atoms with Crippen LogP contribution in [0.2, 0.25) is 0 Å². The minimum absolute atomic E-state index is 0.727. The lowest BCUT2D eigenvalue weighted by molar-refractivity contribution is 0.415. The van der Waals surface area contributed by atoms with E-state index in [1.807, 2.05) is 71.3 Å². The van der Waals surface area contributed by atoms with Gasteiger partial charge in [-0.15, -0.1) is 0 Å². The molecule has 0 atom stereocenters. The maximum Gasteiger partial charge on any atom is 0.146 e. The maximum atomic E-state index is 5.23. The number of hydrogen-bond acceptors (Lipinski definition) is 3. The highest BCUT2D eigenvalue weighted by molar-refractivity contribution is 5.69. The molecule has 0 amide bonds. The molecule has 0 spiro atoms. The van der Waals surface area contributed by atoms with Crippen LogP contribution in [0.25, 0.3) is 16.9 Å². The Bertz CT molecular complexity index is 1070. The summed E-state index contributed by atoms with van der Waals surface area (Å²) in [5.74, 6) is 7.90. The Labute approximate surface area is 145 Å². The predicted molar refractivity (Wildman–Crippen MR) is 97.4 cm³/mol. The molecule has 0 saturated heterocycles. The van der Waals surface area contributed by atoms with Gasteiger partial charge in [-0.3, -0.25) is 4.40 Å². The van der Waals surface area contributed by atoms with Gasteiger partial charge in [-0.25, -0.2) is 9.97 Å². The van der Waals surface area contributed by atoms with Crippen molar-refractivity contribution in [2.75, 3.05) is 7.11 Å². The van der Waals surface area contributed by atoms with Crippen molar-refractivity contribution in [2.24, 2.45) is 0 Å². The second-order valence-corrected chi connectivity index (χ2v) is 5.43. The molecule has 4 rings (SSSR count). The lowest BCUT2D eigenvalue weighted by atomic mass is 10.2. The zero-order chi connectivity index (χ0) is 17.1. The highest BCUT2D eigenvalue weighted by atomic mass is 16.5. The number of ether oxygens (including phenoxy) is 1. The number of hydrogen-bond donors (Lipinski definition) is 0. The zero-order valence-corrected chi connectivity index (χ0v) is 13.7. The van der Waals surface area contributed by atoms with Crippen molar-refractivity contribution in [3.8, 4) is 29.0 Å². The maximum absolute atomic E-state index is 5.23. The van der Waals surface area contributed by atoms with Crippen LogP contribution in [-0.4, -0.2) is 21.5 Å². The SMILES string of the molecule is COc1ccc(-c2nc(C#Cc3ccccn3)c3ccccn23)cc1. The second kappa shape index (κ2) is 6.50. The first-order valence-corrected chi connectivity index (χ1v) is 7.90. The van der Waals surface area contributed by atoms with Crippen LogP contribution in [0.5, 0.6) is 5.75 Å². The van der Waals surface area contributed by atoms with Crippen molar-refractivity contribution in [1.29, 1.82) is 0 Å². The summed E-state index contributed by atoms with van der Waals surface area (Å²) in [7, 11) is 1.66. The summed E-state index contributed by atoms with van der Waals surface area (Å²) in [6.07, 6.45) is 3.73. The largest absolute Gasteiger partial charge is 0.497 e. The van der Waals surface area contributed by atoms with Crippen LogP contribution in [0.3, 0.4) is 0 Å². The number of rotatable bonds is 2. The fourth-order valence-corrected chi connectivity index (χ4v) is 2.63. The van der Waals surface area contributed by atoms with Gasteiger partial charge in [-0.05, 0) is 60.4 Å². The van der Waals surface area contributed by atoms with Crippen LogP contribution < -0.4 is 4.74 Å². The lowest BCUT2D eigenvalue weighted by Crippen LogP contribution is -1.89. The minimum atomic E-state index is 0.727. The molecule has 3 aromatic heterocycles. The quantitative estimate of drug-likeness (QED) is 0.526. The summed E-state index contributed by atoms with van der Waals surface area (Å²) in [5, 5.41) is 0. The van der Waals surface area contributed by atoms with Crippen molar-refractivity contribution in [1.82, 2.24) is 14.4 Å². The molecule has 4 nitrogen and oxygen atoms in total. The topological polar surface area (TPSA) is 39.4 Å². The van der Waals surface area contributed by atoms with E-state index in [0.29, 0.717) is 0 Å². The van der Waals surface area contributed by atoms with Crippen molar-refractivity contribution in [3.05, 3.63) is 84.4 Å². The summed E-state index contributed by atoms with van der Waals surface area (Å²) >= 11 is 0. The van der Waals surface area contributed by atoms with Gasteiger partial charge in [0.1, 0.15) is 23.0 Å². The first-order chi connectivity index (χ1) is 12.3. The van der Waals surface area contributed by atoms with Crippen LogP contribution in [0.4, 0.5) is 0 Å². The molecule has 25 heavy (non-hydrogen) atoms. The van der Waals surface area contributed by atoms with Crippen molar-refractivity contribution in [3.63, 3.8) is 0 Å². The van der Waals surface area contributed by atoms with Gasteiger partial charge in [-0.2, -0.15) is 0 Å². The molecular weight excluding hydrogens is 310 g/mol. The molecule has 0 bridgehead atoms. The summed E-state index contributed by atoms with van der Waals surface area (Å²) in [6, 6.07) is 19.5. The van der Waals surface area contributed by atoms with E-state index in [4.69, 9.17) is 9.72 Å². The van der Waals surface area contributed by atoms with Crippen LogP contribution in [0, 0.1) is 11.8 Å². The van der Waals surface area contributed by atoms with E-state index in [2.05, 4.69) is 16.8 Å². The van der Waals surface area contributed by atoms with E-state index < -0.39 is 0 Å². The molecule has 4 aromatic rings. The third kappa shape index (κ3) is 2.96. The third-order valence-corrected chi connectivity index (χ3v) is 3.87. The van der Waals surface area contributed by atoms with Crippen molar-refractivity contribution in [2.45, 2.75) is 0 Å². The number of aromatic nitrogens is 3. The summed E-state index contributed by atoms with van der Waals surface area (Å²) in [4.78, 5) is 8.99. The number of pyridine rings is 2. The molecule has 0 unspecified atom stereocenters. The minimum Gasteiger partial charge on any atom is -0.497 e. The van der Waals surface area contributed by atoms with Crippen LogP contribution in [0.15, 0.2) is 73.1 Å². The number of nitrogens with zero attached hydrogens (tertiary/aromatic N) is 3. The molecule has 0 N–H and O–H groups in total. The van der Waals surface area contributed by atoms with E-state index in [1.165, 1.54) is 0 Å². The molecule has 1 aromatic carbocycles. The number of imidazole rings is 1. The van der Waals surface area contributed by atoms with Crippen molar-refractivity contribution >= 4 is 5.52 Å². The number of benzene rings is 1. The van der Waals surface area contributed by atoms with Gasteiger partial charge in [0, 0.05) is 18.0 Å². The Balaban J connectivity index is 1.82. The Morgan fingerprint density at radius 3 is 2.52 bits per heavy atom. The van der Waals surface area contributed by atoms with E-state index in [-0.39, 0.29) is 0 Å². The molecule has 0 saturated carbocycles. The zero-order valence-electron chi connectivity index (χ0n) is 13.7. The molecule has 0 aliphatic carbocycles. The first kappa shape index (κ1) is 15.0. The molecule has 3 heterocycles. The number of methoxy groups -OCH3 is 1. The van der Waals surface area contributed by atoms with Gasteiger partial charge in [0.05, 0.1) is 12.6 Å². The monoisotopic (exact) mass is 325 g/mol. The Kier molecular flexibility index (Phi) is 3.89. The van der Waals surface area contributed by atoms with Crippen LogP contribution in [-0.2, 0) is 0 Å². The molecule has 4 heteroatoms. The van der Waals surface area contributed by atoms with E-state index >= 15 is 0 Å². The summed E-state index contributed by atoms with van der Waals surface area (Å²) < 4.78 is 7.27. The van der Waals surface area contributed by atoms with Crippen LogP contribution >= 0.6 is 0 Å². The van der Waals surface area contributed by atoms with E-state index in [9.17, 15) is 0 Å². The normalized spacial score (nSPS) is 10.3. The van der Waals surface area contributed by atoms with E-state index in [0.717, 1.165) is 34.0 Å². The fraction of sp³-hybridized carbons (Fsp3) is 0.0476. The average molecular weight is 325 g/mol. The standard InChI is InChI=1S/C21H15N3O/c1-25-18-11-8-16(9-12-18)21-23-19(20-7-3-5-15-24(20)21)13-10-17-6-2-4-14-22-17/h2-9,11-12,14-15H,1H3. The summed E-state index contributed by atoms with van der Waals surface area (Å²) in [6.45, 7) is 0. The van der Waals surface area contributed by atoms with Crippen LogP contribution in [0.1, 0.15) is 11.4 Å². The smallest absolute Gasteiger partial charge is 0.146 e. The second-order valence-electron chi connectivity index (χ2n) is 5.43. The molecule has 120 valence electrons. The Hall–Kier alpha value is -3.58. The van der Waals surface area contributed by atoms with Gasteiger partial charge in [0.25, 0.3) is 0 Å². The van der Waals surface area contributed by atoms with Crippen molar-refractivity contribution < 1.29 is 4.74 Å². The summed E-state index contributed by atoms with van der Waals surface area (Å²) in [5.41, 5.74) is 3.44. The number of fused-ring (bicyclic) bond motifs is 1. The highest BCUT2D eigenvalue weighted by Crippen LogP contribution is 2.24. The van der Waals surface area contributed by atoms with Gasteiger partial charge < -0.3 is 4.74 Å². The highest BCUT2D eigenvalue weighted by Gasteiger charge is 2.11. The third-order valence-electron chi connectivity index (χ3n) is 3.87. The molecule has 0 fully saturated rings. The Morgan fingerprint density at radius 2 is 1.76 bits per heavy atom. The molecule has 0 radical (unpaired) electrons. The predicted octanol–water partition coefficient (Wildman–Crippen LogP) is 3.80. The van der Waals surface area contributed by atoms with Gasteiger partial charge in [0.15, 0.2) is 0 Å². The Morgan fingerprint density at radius 1 is 0.920 bits per heavy atom. The van der Waals surface area contributed by atoms with Gasteiger partial charge in [-0.1, -0.05) is 12.1 Å².